The molecule has 6 nitrogen and oxygen atoms in total. The van der Waals surface area contributed by atoms with Crippen molar-refractivity contribution in [2.75, 3.05) is 0 Å². The first-order valence-electron chi connectivity index (χ1n) is 5.86. The fraction of sp³-hybridized carbons (Fsp3) is 0.455. The summed E-state index contributed by atoms with van der Waals surface area (Å²) in [6.07, 6.45) is 1.24. The summed E-state index contributed by atoms with van der Waals surface area (Å²) in [5, 5.41) is 5.03. The molecule has 0 fully saturated rings. The summed E-state index contributed by atoms with van der Waals surface area (Å²) >= 11 is 0. The molecule has 0 heterocycles. The van der Waals surface area contributed by atoms with E-state index >= 15 is 0 Å². The van der Waals surface area contributed by atoms with E-state index in [0.29, 0.717) is 12.8 Å². The molecule has 0 bridgehead atoms. The third kappa shape index (κ3) is 4.00. The van der Waals surface area contributed by atoms with Crippen LogP contribution in [0, 0.1) is 0 Å². The highest BCUT2D eigenvalue weighted by molar-refractivity contribution is 7.92. The lowest BCUT2D eigenvalue weighted by molar-refractivity contribution is 0.527. The van der Waals surface area contributed by atoms with E-state index in [1.54, 1.807) is 0 Å². The van der Waals surface area contributed by atoms with Gasteiger partial charge in [-0.3, -0.25) is 0 Å². The third-order valence-electron chi connectivity index (χ3n) is 2.75. The molecule has 0 spiro atoms. The van der Waals surface area contributed by atoms with Gasteiger partial charge in [0.05, 0.1) is 0 Å². The molecule has 108 valence electrons. The van der Waals surface area contributed by atoms with Crippen molar-refractivity contribution in [1.82, 2.24) is 4.72 Å². The molecular formula is C11H18N2O4S2. The Morgan fingerprint density at radius 2 is 1.53 bits per heavy atom. The van der Waals surface area contributed by atoms with E-state index in [2.05, 4.69) is 4.72 Å². The smallest absolute Gasteiger partial charge is 0.225 e. The quantitative estimate of drug-likeness (QED) is 0.810. The maximum absolute atomic E-state index is 12.2. The SMILES string of the molecule is CCC(CC)NS(=O)(=O)c1ccccc1S(N)(=O)=O. The molecule has 0 atom stereocenters. The molecule has 1 rings (SSSR count). The summed E-state index contributed by atoms with van der Waals surface area (Å²) < 4.78 is 49.7. The van der Waals surface area contributed by atoms with Gasteiger partial charge in [-0.2, -0.15) is 0 Å². The monoisotopic (exact) mass is 306 g/mol. The molecule has 0 amide bonds. The zero-order chi connectivity index (χ0) is 14.7. The average Bonchev–Trinajstić information content (AvgIpc) is 2.35. The Morgan fingerprint density at radius 1 is 1.05 bits per heavy atom. The van der Waals surface area contributed by atoms with Gasteiger partial charge in [0.15, 0.2) is 0 Å². The molecule has 0 aliphatic heterocycles. The predicted octanol–water partition coefficient (Wildman–Crippen LogP) is 0.801. The molecule has 0 unspecified atom stereocenters. The molecule has 3 N–H and O–H groups in total. The van der Waals surface area contributed by atoms with Crippen molar-refractivity contribution in [2.45, 2.75) is 42.5 Å². The molecule has 0 saturated heterocycles. The molecule has 1 aromatic rings. The van der Waals surface area contributed by atoms with E-state index in [-0.39, 0.29) is 10.9 Å². The molecule has 0 saturated carbocycles. The Morgan fingerprint density at radius 3 is 1.95 bits per heavy atom. The highest BCUT2D eigenvalue weighted by Crippen LogP contribution is 2.20. The Bertz CT molecular complexity index is 634. The molecule has 0 aliphatic carbocycles. The van der Waals surface area contributed by atoms with Gasteiger partial charge in [0, 0.05) is 6.04 Å². The second kappa shape index (κ2) is 6.00. The Hall–Kier alpha value is -0.960. The fourth-order valence-electron chi connectivity index (χ4n) is 1.65. The van der Waals surface area contributed by atoms with Crippen molar-refractivity contribution < 1.29 is 16.8 Å². The minimum atomic E-state index is -4.09. The molecule has 19 heavy (non-hydrogen) atoms. The summed E-state index contributed by atoms with van der Waals surface area (Å²) in [5.74, 6) is 0. The van der Waals surface area contributed by atoms with Gasteiger partial charge in [0.25, 0.3) is 0 Å². The van der Waals surface area contributed by atoms with Crippen LogP contribution in [0.2, 0.25) is 0 Å². The van der Waals surface area contributed by atoms with Crippen LogP contribution in [0.4, 0.5) is 0 Å². The number of nitrogens with one attached hydrogen (secondary N) is 1. The van der Waals surface area contributed by atoms with Crippen molar-refractivity contribution in [3.8, 4) is 0 Å². The zero-order valence-electron chi connectivity index (χ0n) is 10.8. The summed E-state index contributed by atoms with van der Waals surface area (Å²) in [4.78, 5) is -0.710. The maximum atomic E-state index is 12.2. The summed E-state index contributed by atoms with van der Waals surface area (Å²) in [6.45, 7) is 3.70. The van der Waals surface area contributed by atoms with Gasteiger partial charge in [-0.05, 0) is 25.0 Å². The van der Waals surface area contributed by atoms with Crippen LogP contribution in [0.3, 0.4) is 0 Å². The predicted molar refractivity (Wildman–Crippen MR) is 72.5 cm³/mol. The lowest BCUT2D eigenvalue weighted by Crippen LogP contribution is -2.35. The Balaban J connectivity index is 3.31. The van der Waals surface area contributed by atoms with Gasteiger partial charge in [-0.25, -0.2) is 26.7 Å². The van der Waals surface area contributed by atoms with Gasteiger partial charge >= 0.3 is 0 Å². The van der Waals surface area contributed by atoms with E-state index in [1.807, 2.05) is 13.8 Å². The van der Waals surface area contributed by atoms with E-state index in [0.717, 1.165) is 0 Å². The number of hydrogen-bond acceptors (Lipinski definition) is 4. The minimum absolute atomic E-state index is 0.237. The van der Waals surface area contributed by atoms with Gasteiger partial charge < -0.3 is 0 Å². The van der Waals surface area contributed by atoms with Crippen molar-refractivity contribution >= 4 is 20.0 Å². The van der Waals surface area contributed by atoms with Crippen LogP contribution in [0.1, 0.15) is 26.7 Å². The van der Waals surface area contributed by atoms with E-state index in [4.69, 9.17) is 5.14 Å². The lowest BCUT2D eigenvalue weighted by atomic mass is 10.2. The zero-order valence-corrected chi connectivity index (χ0v) is 12.5. The molecule has 8 heteroatoms. The molecule has 0 aromatic heterocycles. The van der Waals surface area contributed by atoms with Crippen LogP contribution in [0.15, 0.2) is 34.1 Å². The highest BCUT2D eigenvalue weighted by Gasteiger charge is 2.25. The van der Waals surface area contributed by atoms with Crippen molar-refractivity contribution in [2.24, 2.45) is 5.14 Å². The Labute approximate surface area is 114 Å². The third-order valence-corrected chi connectivity index (χ3v) is 5.43. The second-order valence-corrected chi connectivity index (χ2v) is 7.34. The summed E-state index contributed by atoms with van der Waals surface area (Å²) in [6, 6.07) is 5.05. The first-order valence-corrected chi connectivity index (χ1v) is 8.89. The van der Waals surface area contributed by atoms with E-state index in [9.17, 15) is 16.8 Å². The van der Waals surface area contributed by atoms with Gasteiger partial charge in [0.1, 0.15) is 9.79 Å². The van der Waals surface area contributed by atoms with Crippen molar-refractivity contribution in [1.29, 1.82) is 0 Å². The average molecular weight is 306 g/mol. The van der Waals surface area contributed by atoms with Crippen LogP contribution in [-0.4, -0.2) is 22.9 Å². The first kappa shape index (κ1) is 16.1. The number of hydrogen-bond donors (Lipinski definition) is 2. The second-order valence-electron chi connectivity index (χ2n) is 4.13. The largest absolute Gasteiger partial charge is 0.242 e. The highest BCUT2D eigenvalue weighted by atomic mass is 32.2. The van der Waals surface area contributed by atoms with Crippen molar-refractivity contribution in [3.05, 3.63) is 24.3 Å². The van der Waals surface area contributed by atoms with Crippen LogP contribution in [-0.2, 0) is 20.0 Å². The lowest BCUT2D eigenvalue weighted by Gasteiger charge is -2.16. The van der Waals surface area contributed by atoms with Crippen LogP contribution in [0.5, 0.6) is 0 Å². The standard InChI is InChI=1S/C11H18N2O4S2/c1-3-9(4-2)13-19(16,17)11-8-6-5-7-10(11)18(12,14)15/h5-9,13H,3-4H2,1-2H3,(H2,12,14,15). The summed E-state index contributed by atoms with van der Waals surface area (Å²) in [7, 11) is -7.99. The number of sulfonamides is 2. The number of benzene rings is 1. The normalized spacial score (nSPS) is 12.8. The van der Waals surface area contributed by atoms with Crippen LogP contribution >= 0.6 is 0 Å². The number of nitrogens with two attached hydrogens (primary N) is 1. The summed E-state index contributed by atoms with van der Waals surface area (Å²) in [5.41, 5.74) is 0. The van der Waals surface area contributed by atoms with Gasteiger partial charge in [-0.15, -0.1) is 0 Å². The first-order chi connectivity index (χ1) is 8.72. The molecular weight excluding hydrogens is 288 g/mol. The van der Waals surface area contributed by atoms with Crippen molar-refractivity contribution in [3.63, 3.8) is 0 Å². The number of primary sulfonamides is 1. The molecule has 0 aliphatic rings. The minimum Gasteiger partial charge on any atom is -0.225 e. The van der Waals surface area contributed by atoms with E-state index in [1.165, 1.54) is 24.3 Å². The topological polar surface area (TPSA) is 106 Å². The van der Waals surface area contributed by atoms with Gasteiger partial charge in [-0.1, -0.05) is 26.0 Å². The van der Waals surface area contributed by atoms with E-state index < -0.39 is 24.9 Å². The molecule has 0 radical (unpaired) electrons. The maximum Gasteiger partial charge on any atom is 0.242 e. The Kier molecular flexibility index (Phi) is 5.08. The molecule has 1 aromatic carbocycles. The van der Waals surface area contributed by atoms with Crippen LogP contribution < -0.4 is 9.86 Å². The van der Waals surface area contributed by atoms with Gasteiger partial charge in [0.2, 0.25) is 20.0 Å². The number of rotatable bonds is 6. The van der Waals surface area contributed by atoms with Crippen LogP contribution in [0.25, 0.3) is 0 Å². The fourth-order valence-corrected chi connectivity index (χ4v) is 4.43.